The number of hydrazone groups is 1. The molecule has 0 radical (unpaired) electrons. The molecule has 4 fully saturated rings. The number of rotatable bonds is 31. The fourth-order valence-electron chi connectivity index (χ4n) is 11.1. The first-order chi connectivity index (χ1) is 42.6. The summed E-state index contributed by atoms with van der Waals surface area (Å²) >= 11 is 1.44. The van der Waals surface area contributed by atoms with Crippen molar-refractivity contribution in [1.29, 1.82) is 0 Å². The van der Waals surface area contributed by atoms with Crippen LogP contribution in [-0.4, -0.2) is 117 Å². The van der Waals surface area contributed by atoms with Crippen LogP contribution in [0.2, 0.25) is 0 Å². The van der Waals surface area contributed by atoms with Crippen LogP contribution in [-0.2, 0) is 76.3 Å². The van der Waals surface area contributed by atoms with Crippen molar-refractivity contribution in [3.63, 3.8) is 0 Å². The van der Waals surface area contributed by atoms with Gasteiger partial charge >= 0.3 is 53.7 Å². The van der Waals surface area contributed by atoms with Gasteiger partial charge < -0.3 is 42.6 Å². The molecule has 4 saturated carbocycles. The van der Waals surface area contributed by atoms with Gasteiger partial charge in [0.15, 0.2) is 0 Å². The minimum absolute atomic E-state index is 0.178. The summed E-state index contributed by atoms with van der Waals surface area (Å²) in [6.45, 7) is 13.4. The van der Waals surface area contributed by atoms with Crippen molar-refractivity contribution in [3.05, 3.63) is 85.5 Å². The van der Waals surface area contributed by atoms with Gasteiger partial charge in [-0.1, -0.05) is 43.2 Å². The van der Waals surface area contributed by atoms with E-state index in [-0.39, 0.29) is 104 Å². The molecular formula is C66H83N3O18S. The van der Waals surface area contributed by atoms with Gasteiger partial charge in [0.1, 0.15) is 23.7 Å². The molecule has 3 aromatic rings. The highest BCUT2D eigenvalue weighted by molar-refractivity contribution is 7.22. The lowest BCUT2D eigenvalue weighted by Crippen LogP contribution is -2.33. The Morgan fingerprint density at radius 1 is 0.534 bits per heavy atom. The first kappa shape index (κ1) is 67.8. The van der Waals surface area contributed by atoms with Gasteiger partial charge in [0, 0.05) is 29.8 Å². The van der Waals surface area contributed by atoms with Crippen LogP contribution in [0.4, 0.5) is 5.13 Å². The Morgan fingerprint density at radius 2 is 0.966 bits per heavy atom. The Balaban J connectivity index is 0.921. The lowest BCUT2D eigenvalue weighted by Gasteiger charge is -2.30. The second-order valence-electron chi connectivity index (χ2n) is 22.9. The van der Waals surface area contributed by atoms with Crippen LogP contribution in [0.1, 0.15) is 154 Å². The molecule has 0 N–H and O–H groups in total. The number of thiazole rings is 1. The van der Waals surface area contributed by atoms with Crippen LogP contribution in [0.15, 0.2) is 85.0 Å². The summed E-state index contributed by atoms with van der Waals surface area (Å²) < 4.78 is 51.1. The van der Waals surface area contributed by atoms with E-state index in [9.17, 15) is 43.2 Å². The van der Waals surface area contributed by atoms with Crippen molar-refractivity contribution in [2.75, 3.05) is 44.6 Å². The van der Waals surface area contributed by atoms with Crippen molar-refractivity contribution < 1.29 is 85.8 Å². The van der Waals surface area contributed by atoms with Gasteiger partial charge in [-0.25, -0.2) is 24.4 Å². The zero-order valence-corrected chi connectivity index (χ0v) is 51.2. The number of fused-ring (bicyclic) bond motifs is 1. The van der Waals surface area contributed by atoms with E-state index < -0.39 is 41.7 Å². The molecule has 0 amide bonds. The van der Waals surface area contributed by atoms with Crippen molar-refractivity contribution in [2.45, 2.75) is 160 Å². The van der Waals surface area contributed by atoms with Crippen LogP contribution < -0.4 is 14.5 Å². The number of unbranched alkanes of at least 4 members (excludes halogenated alkanes) is 3. The molecule has 0 spiro atoms. The molecule has 88 heavy (non-hydrogen) atoms. The monoisotopic (exact) mass is 1240 g/mol. The van der Waals surface area contributed by atoms with Gasteiger partial charge in [-0.3, -0.25) is 28.8 Å². The number of para-hydroxylation sites is 1. The zero-order valence-electron chi connectivity index (χ0n) is 50.4. The van der Waals surface area contributed by atoms with Crippen LogP contribution in [0.5, 0.6) is 11.5 Å². The summed E-state index contributed by atoms with van der Waals surface area (Å²) in [4.78, 5) is 119. The van der Waals surface area contributed by atoms with E-state index in [1.54, 1.807) is 30.1 Å². The third kappa shape index (κ3) is 21.5. The van der Waals surface area contributed by atoms with Crippen LogP contribution >= 0.6 is 11.3 Å². The summed E-state index contributed by atoms with van der Waals surface area (Å²) in [6, 6.07) is 12.4. The average Bonchev–Trinajstić information content (AvgIpc) is 3.20. The number of ether oxygens (including phenoxy) is 9. The Morgan fingerprint density at radius 3 is 1.45 bits per heavy atom. The lowest BCUT2D eigenvalue weighted by molar-refractivity contribution is -0.161. The van der Waals surface area contributed by atoms with Crippen molar-refractivity contribution in [1.82, 2.24) is 4.98 Å². The van der Waals surface area contributed by atoms with E-state index in [0.717, 1.165) is 22.4 Å². The molecule has 0 bridgehead atoms. The molecule has 1 heterocycles. The standard InChI is InChI=1S/C66H83N3O18S/c1-5-57(70)79-36-11-13-39-82-60(73)44-17-21-46(22-18-44)62(75)84-51-29-25-48(26-30-51)64(77)86-53-33-34-55(50(41-53)42-67-69(35-9-10-38-81-59(72)43(3)4)66-68-54-15-7-8-16-56(54)88-66)87-65(78)49-27-31-52(32-28-49)85-63(76)47-23-19-45(20-24-47)61(74)83-40-14-12-37-80-58(71)6-2/h5-8,15-16,33-34,41-42,44-49,51-52H,1-3,9-14,17-32,35-40H2,4H3/b67-42+. The Labute approximate surface area is 517 Å². The van der Waals surface area contributed by atoms with Crippen LogP contribution in [0, 0.1) is 35.5 Å². The van der Waals surface area contributed by atoms with Crippen LogP contribution in [0.3, 0.4) is 0 Å². The molecule has 1 aromatic heterocycles. The molecule has 7 rings (SSSR count). The van der Waals surface area contributed by atoms with Gasteiger partial charge in [-0.05, 0) is 179 Å². The number of nitrogens with zero attached hydrogens (tertiary/aromatic N) is 3. The van der Waals surface area contributed by atoms with E-state index in [2.05, 4.69) is 19.7 Å². The molecule has 0 aliphatic heterocycles. The third-order valence-electron chi connectivity index (χ3n) is 16.4. The van der Waals surface area contributed by atoms with Crippen molar-refractivity contribution in [2.24, 2.45) is 40.6 Å². The van der Waals surface area contributed by atoms with Gasteiger partial charge in [0.25, 0.3) is 0 Å². The Kier molecular flexibility index (Phi) is 27.2. The highest BCUT2D eigenvalue weighted by Gasteiger charge is 2.37. The number of hydrogen-bond donors (Lipinski definition) is 0. The molecule has 22 heteroatoms. The summed E-state index contributed by atoms with van der Waals surface area (Å²) in [5.74, 6) is -5.43. The van der Waals surface area contributed by atoms with Gasteiger partial charge in [0.05, 0.1) is 85.0 Å². The van der Waals surface area contributed by atoms with Crippen molar-refractivity contribution >= 4 is 86.6 Å². The summed E-state index contributed by atoms with van der Waals surface area (Å²) in [6.07, 6.45) is 13.9. The summed E-state index contributed by atoms with van der Waals surface area (Å²) in [5.41, 5.74) is 1.43. The third-order valence-corrected chi connectivity index (χ3v) is 17.4. The molecule has 0 unspecified atom stereocenters. The fourth-order valence-corrected chi connectivity index (χ4v) is 12.0. The number of aromatic nitrogens is 1. The maximum absolute atomic E-state index is 14.0. The van der Waals surface area contributed by atoms with E-state index in [1.807, 2.05) is 24.3 Å². The SMILES string of the molecule is C=CC(=O)OCCCCOC(=O)C1CCC(C(=O)OC2CCC(C(=O)Oc3ccc(OC(=O)C4CCC(OC(=O)C5CCC(C(=O)OCCCCOC(=O)C=C)CC5)CC4)c(/C=N/N(CCCCOC(=O)C(=C)C)c4nc5ccccc5s4)c3)CC2)CC1. The van der Waals surface area contributed by atoms with E-state index >= 15 is 0 Å². The molecule has 21 nitrogen and oxygen atoms in total. The van der Waals surface area contributed by atoms with Crippen molar-refractivity contribution in [3.8, 4) is 11.5 Å². The summed E-state index contributed by atoms with van der Waals surface area (Å²) in [5, 5.41) is 7.19. The molecule has 0 saturated heterocycles. The fraction of sp³-hybridized carbons (Fsp3) is 0.561. The summed E-state index contributed by atoms with van der Waals surface area (Å²) in [7, 11) is 0. The van der Waals surface area contributed by atoms with E-state index in [0.29, 0.717) is 164 Å². The molecule has 2 aromatic carbocycles. The molecule has 0 atom stereocenters. The predicted octanol–water partition coefficient (Wildman–Crippen LogP) is 10.8. The predicted molar refractivity (Wildman–Crippen MR) is 325 cm³/mol. The van der Waals surface area contributed by atoms with Gasteiger partial charge in [-0.2, -0.15) is 5.10 Å². The average molecular weight is 1240 g/mol. The number of benzene rings is 2. The smallest absolute Gasteiger partial charge is 0.333 e. The number of carbonyl (C=O) groups excluding carboxylic acids is 9. The Hall–Kier alpha value is -7.75. The van der Waals surface area contributed by atoms with Gasteiger partial charge in [0.2, 0.25) is 5.13 Å². The number of anilines is 1. The highest BCUT2D eigenvalue weighted by atomic mass is 32.1. The maximum Gasteiger partial charge on any atom is 0.333 e. The minimum atomic E-state index is -0.497. The molecule has 476 valence electrons. The zero-order chi connectivity index (χ0) is 62.8. The number of carbonyl (C=O) groups is 9. The highest BCUT2D eigenvalue weighted by Crippen LogP contribution is 2.37. The van der Waals surface area contributed by atoms with Crippen LogP contribution in [0.25, 0.3) is 10.2 Å². The topological polar surface area (TPSA) is 265 Å². The lowest BCUT2D eigenvalue weighted by atomic mass is 9.82. The van der Waals surface area contributed by atoms with E-state index in [1.165, 1.54) is 17.6 Å². The second-order valence-corrected chi connectivity index (χ2v) is 23.9. The quantitative estimate of drug-likeness (QED) is 0.0110. The van der Waals surface area contributed by atoms with Gasteiger partial charge in [-0.15, -0.1) is 0 Å². The maximum atomic E-state index is 14.0. The second kappa shape index (κ2) is 35.3. The largest absolute Gasteiger partial charge is 0.465 e. The first-order valence-corrected chi connectivity index (χ1v) is 31.8. The molecular weight excluding hydrogens is 1150 g/mol. The number of esters is 9. The number of hydrogen-bond acceptors (Lipinski definition) is 22. The normalized spacial score (nSPS) is 21.8. The Bertz CT molecular complexity index is 2910. The van der Waals surface area contributed by atoms with E-state index in [4.69, 9.17) is 52.7 Å². The minimum Gasteiger partial charge on any atom is -0.465 e. The molecule has 4 aliphatic rings. The first-order valence-electron chi connectivity index (χ1n) is 31.0. The molecule has 4 aliphatic carbocycles.